The van der Waals surface area contributed by atoms with E-state index < -0.39 is 7.14 Å². The van der Waals surface area contributed by atoms with Gasteiger partial charge < -0.3 is 19.3 Å². The number of benzene rings is 4. The molecule has 9 rings (SSSR count). The van der Waals surface area contributed by atoms with Gasteiger partial charge in [-0.2, -0.15) is 0 Å². The van der Waals surface area contributed by atoms with Crippen LogP contribution in [0, 0.1) is 0 Å². The van der Waals surface area contributed by atoms with Crippen molar-refractivity contribution in [3.05, 3.63) is 168 Å². The van der Waals surface area contributed by atoms with E-state index >= 15 is 4.57 Å². The molecule has 0 aliphatic carbocycles. The summed E-state index contributed by atoms with van der Waals surface area (Å²) in [7, 11) is -1.08. The number of anilines is 1. The molecule has 0 atom stereocenters. The summed E-state index contributed by atoms with van der Waals surface area (Å²) in [5, 5.41) is 6.30. The van der Waals surface area contributed by atoms with Crippen molar-refractivity contribution >= 4 is 51.1 Å². The number of likely N-dealkylation sites (N-methyl/N-ethyl adjacent to an activating group) is 1. The van der Waals surface area contributed by atoms with Crippen LogP contribution in [0.15, 0.2) is 157 Å². The summed E-state index contributed by atoms with van der Waals surface area (Å²) in [5.41, 5.74) is 10.3. The van der Waals surface area contributed by atoms with Gasteiger partial charge in [0.25, 0.3) is 0 Å². The second-order valence-corrected chi connectivity index (χ2v) is 15.6. The van der Waals surface area contributed by atoms with Gasteiger partial charge in [0.05, 0.1) is 11.2 Å². The maximum absolute atomic E-state index is 15.5. The zero-order valence-corrected chi connectivity index (χ0v) is 28.2. The van der Waals surface area contributed by atoms with Gasteiger partial charge in [0.15, 0.2) is 7.14 Å². The zero-order chi connectivity index (χ0) is 33.0. The third-order valence-corrected chi connectivity index (χ3v) is 12.9. The van der Waals surface area contributed by atoms with E-state index in [-0.39, 0.29) is 0 Å². The average molecular weight is 658 g/mol. The van der Waals surface area contributed by atoms with E-state index in [1.165, 1.54) is 38.9 Å². The molecule has 0 unspecified atom stereocenters. The van der Waals surface area contributed by atoms with Gasteiger partial charge >= 0.3 is 0 Å². The van der Waals surface area contributed by atoms with Gasteiger partial charge in [-0.05, 0) is 60.8 Å². The summed E-state index contributed by atoms with van der Waals surface area (Å²) in [6, 6.07) is 43.0. The molecule has 0 spiro atoms. The van der Waals surface area contributed by atoms with Gasteiger partial charge in [0, 0.05) is 70.8 Å². The fourth-order valence-electron chi connectivity index (χ4n) is 7.69. The Hall–Kier alpha value is -5.42. The predicted octanol–water partition coefficient (Wildman–Crippen LogP) is 7.06. The molecular formula is C42H36N5OP. The normalized spacial score (nSPS) is 16.2. The molecule has 49 heavy (non-hydrogen) atoms. The van der Waals surface area contributed by atoms with Crippen molar-refractivity contribution in [1.82, 2.24) is 19.8 Å². The summed E-state index contributed by atoms with van der Waals surface area (Å²) < 4.78 is 17.8. The number of fused-ring (bicyclic) bond motifs is 5. The second-order valence-electron chi connectivity index (χ2n) is 12.9. The molecule has 5 heterocycles. The fourth-order valence-corrected chi connectivity index (χ4v) is 10.2. The van der Waals surface area contributed by atoms with Crippen LogP contribution in [-0.2, 0) is 4.57 Å². The van der Waals surface area contributed by atoms with Crippen molar-refractivity contribution < 1.29 is 4.57 Å². The number of rotatable bonds is 5. The Kier molecular flexibility index (Phi) is 7.23. The van der Waals surface area contributed by atoms with Crippen molar-refractivity contribution in [2.75, 3.05) is 31.6 Å². The number of hydrogen-bond donors (Lipinski definition) is 1. The number of hydrogen-bond acceptors (Lipinski definition) is 5. The molecule has 0 radical (unpaired) electrons. The molecule has 4 aromatic carbocycles. The van der Waals surface area contributed by atoms with Crippen molar-refractivity contribution in [2.45, 2.75) is 6.42 Å². The highest BCUT2D eigenvalue weighted by molar-refractivity contribution is 7.85. The number of para-hydroxylation sites is 1. The summed E-state index contributed by atoms with van der Waals surface area (Å²) in [6.45, 7) is 2.43. The van der Waals surface area contributed by atoms with Crippen molar-refractivity contribution in [1.29, 1.82) is 0 Å². The largest absolute Gasteiger partial charge is 0.387 e. The lowest BCUT2D eigenvalue weighted by molar-refractivity contribution is 0.365. The summed E-state index contributed by atoms with van der Waals surface area (Å²) in [4.78, 5) is 10.1. The lowest BCUT2D eigenvalue weighted by atomic mass is 9.89. The molecule has 0 fully saturated rings. The van der Waals surface area contributed by atoms with Gasteiger partial charge in [-0.25, -0.2) is 4.98 Å². The third-order valence-electron chi connectivity index (χ3n) is 9.99. The van der Waals surface area contributed by atoms with E-state index in [9.17, 15) is 0 Å². The fraction of sp³-hybridized carbons (Fsp3) is 0.119. The van der Waals surface area contributed by atoms with E-state index in [0.717, 1.165) is 47.3 Å². The standard InChI is InChI=1S/C42H36N5OP/c1-45-26-24-38-36(29-45)34-21-20-30-23-27-46(31-12-5-2-6-13-31)42(30)41(34)35-28-43-25-22-37(35)47(38)39-18-11-19-40(44-39)49(48,32-14-7-3-8-15-32)33-16-9-4-10-17-33/h2-23,25,27,43H,24,26,28-29H2,1H3. The van der Waals surface area contributed by atoms with Gasteiger partial charge in [-0.3, -0.25) is 4.90 Å². The van der Waals surface area contributed by atoms with E-state index in [4.69, 9.17) is 4.98 Å². The highest BCUT2D eigenvalue weighted by atomic mass is 31.2. The van der Waals surface area contributed by atoms with Gasteiger partial charge in [-0.15, -0.1) is 0 Å². The van der Waals surface area contributed by atoms with E-state index in [2.05, 4.69) is 93.6 Å². The van der Waals surface area contributed by atoms with Crippen LogP contribution in [0.5, 0.6) is 0 Å². The molecule has 240 valence electrons. The molecule has 1 N–H and O–H groups in total. The Morgan fingerprint density at radius 1 is 0.755 bits per heavy atom. The predicted molar refractivity (Wildman–Crippen MR) is 202 cm³/mol. The van der Waals surface area contributed by atoms with Crippen molar-refractivity contribution in [3.8, 4) is 5.69 Å². The Balaban J connectivity index is 1.31. The number of allylic oxidation sites excluding steroid dienone is 1. The molecule has 6 aromatic rings. The summed E-state index contributed by atoms with van der Waals surface area (Å²) in [6.07, 6.45) is 7.29. The van der Waals surface area contributed by atoms with Crippen LogP contribution in [-0.4, -0.2) is 41.1 Å². The third kappa shape index (κ3) is 4.82. The van der Waals surface area contributed by atoms with Crippen LogP contribution in [0.4, 0.5) is 5.82 Å². The molecule has 0 bridgehead atoms. The molecule has 6 nitrogen and oxygen atoms in total. The number of pyridine rings is 1. The molecule has 2 aromatic heterocycles. The van der Waals surface area contributed by atoms with Crippen molar-refractivity contribution in [2.24, 2.45) is 0 Å². The maximum Gasteiger partial charge on any atom is 0.188 e. The first kappa shape index (κ1) is 29.7. The first-order chi connectivity index (χ1) is 24.1. The van der Waals surface area contributed by atoms with E-state index in [0.29, 0.717) is 12.0 Å². The number of dihydropyridines is 1. The molecule has 7 heteroatoms. The minimum atomic E-state index is -3.28. The van der Waals surface area contributed by atoms with E-state index in [1.54, 1.807) is 0 Å². The Bertz CT molecular complexity index is 2320. The van der Waals surface area contributed by atoms with Crippen LogP contribution in [0.25, 0.3) is 27.7 Å². The quantitative estimate of drug-likeness (QED) is 0.201. The SMILES string of the molecule is CN1CCC2=C(C1)c1ccc3ccn(-c4ccccc4)c3c1C1=C(C=CNC1)N2c1cccc(P(=O)(c2ccccc2)c2ccccc2)n1. The number of nitrogens with zero attached hydrogens (tertiary/aromatic N) is 4. The molecular weight excluding hydrogens is 621 g/mol. The lowest BCUT2D eigenvalue weighted by Gasteiger charge is -2.35. The summed E-state index contributed by atoms with van der Waals surface area (Å²) >= 11 is 0. The molecule has 3 aliphatic heterocycles. The minimum Gasteiger partial charge on any atom is -0.387 e. The van der Waals surface area contributed by atoms with Crippen LogP contribution in [0.3, 0.4) is 0 Å². The highest BCUT2D eigenvalue weighted by Gasteiger charge is 2.36. The van der Waals surface area contributed by atoms with E-state index in [1.807, 2.05) is 79.0 Å². The molecule has 0 saturated heterocycles. The van der Waals surface area contributed by atoms with Gasteiger partial charge in [0.1, 0.15) is 11.3 Å². The number of aromatic nitrogens is 2. The topological polar surface area (TPSA) is 53.4 Å². The highest BCUT2D eigenvalue weighted by Crippen LogP contribution is 2.47. The van der Waals surface area contributed by atoms with Crippen LogP contribution in [0.2, 0.25) is 0 Å². The smallest absolute Gasteiger partial charge is 0.188 e. The molecule has 0 amide bonds. The first-order valence-electron chi connectivity index (χ1n) is 16.8. The Morgan fingerprint density at radius 2 is 1.47 bits per heavy atom. The maximum atomic E-state index is 15.5. The number of nitrogens with one attached hydrogen (secondary N) is 1. The van der Waals surface area contributed by atoms with Crippen molar-refractivity contribution in [3.63, 3.8) is 0 Å². The second kappa shape index (κ2) is 11.9. The first-order valence-corrected chi connectivity index (χ1v) is 18.5. The van der Waals surface area contributed by atoms with Gasteiger partial charge in [-0.1, -0.05) is 97.1 Å². The average Bonchev–Trinajstić information content (AvgIpc) is 3.56. The van der Waals surface area contributed by atoms with Crippen LogP contribution < -0.4 is 26.3 Å². The monoisotopic (exact) mass is 657 g/mol. The Labute approximate surface area is 286 Å². The minimum absolute atomic E-state index is 0.583. The molecule has 3 aliphatic rings. The van der Waals surface area contributed by atoms with Crippen LogP contribution >= 0.6 is 7.14 Å². The lowest BCUT2D eigenvalue weighted by Crippen LogP contribution is -2.35. The van der Waals surface area contributed by atoms with Gasteiger partial charge in [0.2, 0.25) is 0 Å². The Morgan fingerprint density at radius 3 is 2.20 bits per heavy atom. The van der Waals surface area contributed by atoms with Crippen LogP contribution in [0.1, 0.15) is 17.5 Å². The summed E-state index contributed by atoms with van der Waals surface area (Å²) in [5.74, 6) is 0.781. The zero-order valence-electron chi connectivity index (χ0n) is 27.3. The molecule has 0 saturated carbocycles.